The van der Waals surface area contributed by atoms with Gasteiger partial charge in [0.2, 0.25) is 5.91 Å². The number of hydrogen-bond acceptors (Lipinski definition) is 4. The van der Waals surface area contributed by atoms with Crippen LogP contribution in [0.15, 0.2) is 24.3 Å². The molecule has 1 amide bonds. The topological polar surface area (TPSA) is 79.3 Å². The number of aryl methyl sites for hydroxylation is 2. The number of thiazole rings is 1. The molecule has 0 fully saturated rings. The molecular weight excluding hydrogens is 288 g/mol. The van der Waals surface area contributed by atoms with Gasteiger partial charge >= 0.3 is 5.97 Å². The van der Waals surface area contributed by atoms with E-state index >= 15 is 0 Å². The zero-order chi connectivity index (χ0) is 15.4. The lowest BCUT2D eigenvalue weighted by Gasteiger charge is -2.04. The molecular formula is C15H16N2O3S. The van der Waals surface area contributed by atoms with Gasteiger partial charge in [-0.25, -0.2) is 9.78 Å². The molecule has 21 heavy (non-hydrogen) atoms. The maximum atomic E-state index is 11.9. The molecule has 1 aromatic carbocycles. The van der Waals surface area contributed by atoms with E-state index in [0.717, 1.165) is 16.9 Å². The number of aromatic carboxylic acids is 1. The molecule has 0 radical (unpaired) electrons. The Morgan fingerprint density at radius 2 is 1.90 bits per heavy atom. The molecule has 0 aliphatic carbocycles. The van der Waals surface area contributed by atoms with Crippen LogP contribution in [-0.4, -0.2) is 22.0 Å². The maximum absolute atomic E-state index is 11.9. The molecule has 110 valence electrons. The number of carboxylic acid groups (broad SMARTS) is 1. The number of rotatable bonds is 5. The number of nitrogens with zero attached hydrogens (tertiary/aromatic N) is 1. The van der Waals surface area contributed by atoms with Crippen LogP contribution in [0.5, 0.6) is 0 Å². The van der Waals surface area contributed by atoms with Crippen molar-refractivity contribution in [2.24, 2.45) is 0 Å². The molecule has 0 saturated heterocycles. The Kier molecular flexibility index (Phi) is 4.70. The molecule has 1 heterocycles. The van der Waals surface area contributed by atoms with Crippen LogP contribution in [0.25, 0.3) is 0 Å². The van der Waals surface area contributed by atoms with Crippen molar-refractivity contribution in [1.82, 2.24) is 10.3 Å². The highest BCUT2D eigenvalue weighted by atomic mass is 32.1. The Hall–Kier alpha value is -2.21. The van der Waals surface area contributed by atoms with Gasteiger partial charge in [-0.3, -0.25) is 4.79 Å². The smallest absolute Gasteiger partial charge is 0.347 e. The second kappa shape index (κ2) is 6.49. The third-order valence-electron chi connectivity index (χ3n) is 2.96. The van der Waals surface area contributed by atoms with Crippen LogP contribution in [0, 0.1) is 13.8 Å². The normalized spacial score (nSPS) is 10.4. The van der Waals surface area contributed by atoms with E-state index in [9.17, 15) is 9.59 Å². The van der Waals surface area contributed by atoms with Crippen LogP contribution in [0.2, 0.25) is 0 Å². The minimum atomic E-state index is -1.00. The van der Waals surface area contributed by atoms with Gasteiger partial charge in [0.25, 0.3) is 0 Å². The van der Waals surface area contributed by atoms with Gasteiger partial charge < -0.3 is 10.4 Å². The molecule has 0 aliphatic rings. The third-order valence-corrected chi connectivity index (χ3v) is 4.10. The standard InChI is InChI=1S/C15H16N2O3S/c1-9-3-5-11(6-4-9)8-16-12(18)7-13-17-10(2)14(21-13)15(19)20/h3-6H,7-8H2,1-2H3,(H,16,18)(H,19,20). The van der Waals surface area contributed by atoms with Gasteiger partial charge in [0, 0.05) is 6.54 Å². The summed E-state index contributed by atoms with van der Waals surface area (Å²) >= 11 is 1.05. The Morgan fingerprint density at radius 1 is 1.24 bits per heavy atom. The number of aromatic nitrogens is 1. The first-order chi connectivity index (χ1) is 9.95. The summed E-state index contributed by atoms with van der Waals surface area (Å²) in [7, 11) is 0. The molecule has 0 unspecified atom stereocenters. The molecule has 0 bridgehead atoms. The van der Waals surface area contributed by atoms with E-state index in [4.69, 9.17) is 5.11 Å². The number of hydrogen-bond donors (Lipinski definition) is 2. The minimum absolute atomic E-state index is 0.102. The van der Waals surface area contributed by atoms with Crippen molar-refractivity contribution >= 4 is 23.2 Å². The van der Waals surface area contributed by atoms with Crippen LogP contribution in [0.3, 0.4) is 0 Å². The Labute approximate surface area is 126 Å². The average molecular weight is 304 g/mol. The van der Waals surface area contributed by atoms with Crippen LogP contribution >= 0.6 is 11.3 Å². The van der Waals surface area contributed by atoms with E-state index in [1.165, 1.54) is 5.56 Å². The van der Waals surface area contributed by atoms with E-state index in [0.29, 0.717) is 17.2 Å². The van der Waals surface area contributed by atoms with Crippen LogP contribution < -0.4 is 5.32 Å². The van der Waals surface area contributed by atoms with E-state index in [1.54, 1.807) is 6.92 Å². The van der Waals surface area contributed by atoms with Gasteiger partial charge in [-0.15, -0.1) is 11.3 Å². The molecule has 2 N–H and O–H groups in total. The van der Waals surface area contributed by atoms with Crippen LogP contribution in [0.1, 0.15) is 31.5 Å². The molecule has 1 aromatic heterocycles. The summed E-state index contributed by atoms with van der Waals surface area (Å²) < 4.78 is 0. The quantitative estimate of drug-likeness (QED) is 0.888. The fraction of sp³-hybridized carbons (Fsp3) is 0.267. The lowest BCUT2D eigenvalue weighted by Crippen LogP contribution is -2.24. The molecule has 5 nitrogen and oxygen atoms in total. The van der Waals surface area contributed by atoms with Crippen molar-refractivity contribution in [2.75, 3.05) is 0 Å². The lowest BCUT2D eigenvalue weighted by atomic mass is 10.1. The average Bonchev–Trinajstić information content (AvgIpc) is 2.79. The van der Waals surface area contributed by atoms with Gasteiger partial charge in [-0.1, -0.05) is 29.8 Å². The molecule has 0 spiro atoms. The molecule has 2 aromatic rings. The number of amides is 1. The predicted molar refractivity (Wildman–Crippen MR) is 80.5 cm³/mol. The number of carboxylic acids is 1. The highest BCUT2D eigenvalue weighted by Gasteiger charge is 2.15. The SMILES string of the molecule is Cc1ccc(CNC(=O)Cc2nc(C)c(C(=O)O)s2)cc1. The fourth-order valence-electron chi connectivity index (χ4n) is 1.83. The summed E-state index contributed by atoms with van der Waals surface area (Å²) in [5, 5.41) is 12.3. The highest BCUT2D eigenvalue weighted by molar-refractivity contribution is 7.13. The summed E-state index contributed by atoms with van der Waals surface area (Å²) in [5.41, 5.74) is 2.65. The lowest BCUT2D eigenvalue weighted by molar-refractivity contribution is -0.120. The molecule has 0 saturated carbocycles. The highest BCUT2D eigenvalue weighted by Crippen LogP contribution is 2.18. The van der Waals surface area contributed by atoms with Crippen molar-refractivity contribution in [3.8, 4) is 0 Å². The number of nitrogens with one attached hydrogen (secondary N) is 1. The van der Waals surface area contributed by atoms with Crippen molar-refractivity contribution < 1.29 is 14.7 Å². The van der Waals surface area contributed by atoms with Gasteiger partial charge in [0.05, 0.1) is 12.1 Å². The van der Waals surface area contributed by atoms with Gasteiger partial charge in [-0.05, 0) is 19.4 Å². The monoisotopic (exact) mass is 304 g/mol. The summed E-state index contributed by atoms with van der Waals surface area (Å²) in [6.45, 7) is 4.09. The van der Waals surface area contributed by atoms with Gasteiger partial charge in [0.1, 0.15) is 9.88 Å². The second-order valence-electron chi connectivity index (χ2n) is 4.77. The molecule has 0 atom stereocenters. The maximum Gasteiger partial charge on any atom is 0.347 e. The predicted octanol–water partition coefficient (Wildman–Crippen LogP) is 2.32. The summed E-state index contributed by atoms with van der Waals surface area (Å²) in [6, 6.07) is 7.91. The summed E-state index contributed by atoms with van der Waals surface area (Å²) in [5.74, 6) is -1.17. The second-order valence-corrected chi connectivity index (χ2v) is 5.85. The van der Waals surface area contributed by atoms with E-state index in [2.05, 4.69) is 10.3 Å². The Bertz CT molecular complexity index is 662. The largest absolute Gasteiger partial charge is 0.477 e. The van der Waals surface area contributed by atoms with Gasteiger partial charge in [0.15, 0.2) is 0 Å². The fourth-order valence-corrected chi connectivity index (χ4v) is 2.73. The number of carbonyl (C=O) groups excluding carboxylic acids is 1. The van der Waals surface area contributed by atoms with Crippen molar-refractivity contribution in [1.29, 1.82) is 0 Å². The number of carbonyl (C=O) groups is 2. The zero-order valence-corrected chi connectivity index (χ0v) is 12.7. The third kappa shape index (κ3) is 4.13. The first-order valence-corrected chi connectivity index (χ1v) is 7.29. The molecule has 6 heteroatoms. The van der Waals surface area contributed by atoms with E-state index in [1.807, 2.05) is 31.2 Å². The van der Waals surface area contributed by atoms with Crippen LogP contribution in [0.4, 0.5) is 0 Å². The molecule has 2 rings (SSSR count). The Morgan fingerprint density at radius 3 is 2.48 bits per heavy atom. The summed E-state index contributed by atoms with van der Waals surface area (Å²) in [4.78, 5) is 27.1. The Balaban J connectivity index is 1.91. The van der Waals surface area contributed by atoms with Crippen molar-refractivity contribution in [3.63, 3.8) is 0 Å². The van der Waals surface area contributed by atoms with Crippen molar-refractivity contribution in [2.45, 2.75) is 26.8 Å². The summed E-state index contributed by atoms with van der Waals surface area (Å²) in [6.07, 6.45) is 0.102. The van der Waals surface area contributed by atoms with Crippen LogP contribution in [-0.2, 0) is 17.8 Å². The van der Waals surface area contributed by atoms with E-state index < -0.39 is 5.97 Å². The zero-order valence-electron chi connectivity index (χ0n) is 11.8. The number of benzene rings is 1. The first-order valence-electron chi connectivity index (χ1n) is 6.47. The minimum Gasteiger partial charge on any atom is -0.477 e. The molecule has 0 aliphatic heterocycles. The van der Waals surface area contributed by atoms with Gasteiger partial charge in [-0.2, -0.15) is 0 Å². The first kappa shape index (κ1) is 15.2. The van der Waals surface area contributed by atoms with Crippen molar-refractivity contribution in [3.05, 3.63) is 51.0 Å². The van der Waals surface area contributed by atoms with E-state index in [-0.39, 0.29) is 17.2 Å².